The monoisotopic (exact) mass is 366 g/mol. The fourth-order valence-electron chi connectivity index (χ4n) is 3.47. The summed E-state index contributed by atoms with van der Waals surface area (Å²) in [7, 11) is 0. The highest BCUT2D eigenvalue weighted by atomic mass is 19.4. The van der Waals surface area contributed by atoms with Gasteiger partial charge < -0.3 is 4.74 Å². The molecule has 1 nitrogen and oxygen atoms in total. The van der Waals surface area contributed by atoms with E-state index in [2.05, 4.69) is 0 Å². The summed E-state index contributed by atoms with van der Waals surface area (Å²) in [5.74, 6) is 0.732. The third-order valence-corrected chi connectivity index (χ3v) is 4.82. The zero-order valence-corrected chi connectivity index (χ0v) is 14.7. The molecule has 27 heavy (non-hydrogen) atoms. The molecule has 0 aromatic heterocycles. The molecule has 1 aliphatic rings. The lowest BCUT2D eigenvalue weighted by atomic mass is 9.88. The first-order valence-corrected chi connectivity index (χ1v) is 8.64. The molecule has 3 aromatic carbocycles. The zero-order chi connectivity index (χ0) is 19.0. The van der Waals surface area contributed by atoms with Gasteiger partial charge in [-0.3, -0.25) is 0 Å². The maximum atomic E-state index is 13.2. The lowest BCUT2D eigenvalue weighted by molar-refractivity contribution is -0.137. The summed E-state index contributed by atoms with van der Waals surface area (Å²) in [6.45, 7) is 2.29. The average molecular weight is 366 g/mol. The van der Waals surface area contributed by atoms with Crippen LogP contribution in [0.2, 0.25) is 0 Å². The molecule has 0 saturated heterocycles. The van der Waals surface area contributed by atoms with Gasteiger partial charge in [0.05, 0.1) is 5.56 Å². The maximum absolute atomic E-state index is 13.2. The Kier molecular flexibility index (Phi) is 4.27. The van der Waals surface area contributed by atoms with E-state index in [9.17, 15) is 13.2 Å². The Morgan fingerprint density at radius 3 is 2.33 bits per heavy atom. The van der Waals surface area contributed by atoms with Gasteiger partial charge in [0.2, 0.25) is 0 Å². The standard InChI is InChI=1S/C23H17F3O/c1-15(16-8-6-9-18(13-16)23(24,25)26)22-19-10-3-2-7-17(19)14-27-21-12-5-4-11-20(21)22/h2-13H,14H2,1H3/b22-15+. The van der Waals surface area contributed by atoms with E-state index in [1.54, 1.807) is 6.07 Å². The lowest BCUT2D eigenvalue weighted by Crippen LogP contribution is -2.05. The van der Waals surface area contributed by atoms with E-state index in [0.717, 1.165) is 39.7 Å². The van der Waals surface area contributed by atoms with Crippen LogP contribution in [0.5, 0.6) is 5.75 Å². The van der Waals surface area contributed by atoms with Crippen LogP contribution >= 0.6 is 0 Å². The van der Waals surface area contributed by atoms with Crippen LogP contribution in [0, 0.1) is 0 Å². The van der Waals surface area contributed by atoms with Crippen molar-refractivity contribution in [3.05, 3.63) is 101 Å². The maximum Gasteiger partial charge on any atom is 0.416 e. The molecule has 0 spiro atoms. The number of hydrogen-bond donors (Lipinski definition) is 0. The molecule has 0 unspecified atom stereocenters. The summed E-state index contributed by atoms with van der Waals surface area (Å²) in [4.78, 5) is 0. The molecule has 0 aliphatic carbocycles. The molecule has 1 heterocycles. The summed E-state index contributed by atoms with van der Waals surface area (Å²) < 4.78 is 45.5. The summed E-state index contributed by atoms with van der Waals surface area (Å²) in [5, 5.41) is 0. The van der Waals surface area contributed by atoms with Crippen LogP contribution in [0.1, 0.15) is 34.7 Å². The van der Waals surface area contributed by atoms with Crippen molar-refractivity contribution < 1.29 is 17.9 Å². The molecule has 136 valence electrons. The van der Waals surface area contributed by atoms with E-state index in [1.165, 1.54) is 12.1 Å². The molecular formula is C23H17F3O. The smallest absolute Gasteiger partial charge is 0.416 e. The van der Waals surface area contributed by atoms with Crippen molar-refractivity contribution in [2.24, 2.45) is 0 Å². The molecule has 0 atom stereocenters. The van der Waals surface area contributed by atoms with Gasteiger partial charge in [-0.05, 0) is 53.0 Å². The van der Waals surface area contributed by atoms with E-state index in [0.29, 0.717) is 12.2 Å². The van der Waals surface area contributed by atoms with Crippen LogP contribution < -0.4 is 4.74 Å². The van der Waals surface area contributed by atoms with E-state index in [1.807, 2.05) is 55.5 Å². The minimum atomic E-state index is -4.37. The second-order valence-electron chi connectivity index (χ2n) is 6.52. The fraction of sp³-hybridized carbons (Fsp3) is 0.130. The normalized spacial score (nSPS) is 15.3. The highest BCUT2D eigenvalue weighted by Gasteiger charge is 2.31. The SMILES string of the molecule is C/C(=C1/c2ccccc2COc2ccccc21)c1cccc(C(F)(F)F)c1. The highest BCUT2D eigenvalue weighted by molar-refractivity contribution is 6.00. The van der Waals surface area contributed by atoms with Crippen molar-refractivity contribution >= 4 is 11.1 Å². The lowest BCUT2D eigenvalue weighted by Gasteiger charge is -2.16. The quantitative estimate of drug-likeness (QED) is 0.473. The number of rotatable bonds is 1. The van der Waals surface area contributed by atoms with Crippen molar-refractivity contribution in [2.75, 3.05) is 0 Å². The summed E-state index contributed by atoms with van der Waals surface area (Å²) in [6, 6.07) is 21.0. The van der Waals surface area contributed by atoms with E-state index >= 15 is 0 Å². The van der Waals surface area contributed by atoms with Gasteiger partial charge >= 0.3 is 6.18 Å². The Balaban J connectivity index is 1.99. The molecule has 0 saturated carbocycles. The Bertz CT molecular complexity index is 982. The Hall–Kier alpha value is -3.01. The first-order valence-electron chi connectivity index (χ1n) is 8.64. The van der Waals surface area contributed by atoms with E-state index < -0.39 is 11.7 Å². The number of para-hydroxylation sites is 1. The predicted molar refractivity (Wildman–Crippen MR) is 100 cm³/mol. The summed E-state index contributed by atoms with van der Waals surface area (Å²) in [6.07, 6.45) is -4.37. The largest absolute Gasteiger partial charge is 0.488 e. The molecule has 0 N–H and O–H groups in total. The fourth-order valence-corrected chi connectivity index (χ4v) is 3.47. The van der Waals surface area contributed by atoms with Crippen LogP contribution in [0.15, 0.2) is 72.8 Å². The van der Waals surface area contributed by atoms with Gasteiger partial charge in [0.1, 0.15) is 12.4 Å². The number of fused-ring (bicyclic) bond motifs is 2. The van der Waals surface area contributed by atoms with Crippen LogP contribution in [0.4, 0.5) is 13.2 Å². The van der Waals surface area contributed by atoms with Crippen LogP contribution in [0.25, 0.3) is 11.1 Å². The highest BCUT2D eigenvalue weighted by Crippen LogP contribution is 2.41. The molecule has 0 fully saturated rings. The number of ether oxygens (including phenoxy) is 1. The molecule has 0 radical (unpaired) electrons. The van der Waals surface area contributed by atoms with E-state index in [-0.39, 0.29) is 0 Å². The molecule has 0 bridgehead atoms. The Morgan fingerprint density at radius 2 is 1.56 bits per heavy atom. The van der Waals surface area contributed by atoms with Gasteiger partial charge in [-0.2, -0.15) is 13.2 Å². The number of benzene rings is 3. The first kappa shape index (κ1) is 17.4. The minimum absolute atomic E-state index is 0.423. The molecule has 0 amide bonds. The van der Waals surface area contributed by atoms with Gasteiger partial charge in [0.25, 0.3) is 0 Å². The van der Waals surface area contributed by atoms with Gasteiger partial charge in [0, 0.05) is 5.56 Å². The molecule has 1 aliphatic heterocycles. The second-order valence-corrected chi connectivity index (χ2v) is 6.52. The van der Waals surface area contributed by atoms with Crippen LogP contribution in [0.3, 0.4) is 0 Å². The van der Waals surface area contributed by atoms with Crippen molar-refractivity contribution in [2.45, 2.75) is 19.7 Å². The summed E-state index contributed by atoms with van der Waals surface area (Å²) >= 11 is 0. The van der Waals surface area contributed by atoms with Crippen molar-refractivity contribution in [1.29, 1.82) is 0 Å². The van der Waals surface area contributed by atoms with Crippen molar-refractivity contribution in [3.63, 3.8) is 0 Å². The third kappa shape index (κ3) is 3.23. The zero-order valence-electron chi connectivity index (χ0n) is 14.7. The Morgan fingerprint density at radius 1 is 0.852 bits per heavy atom. The number of hydrogen-bond acceptors (Lipinski definition) is 1. The van der Waals surface area contributed by atoms with E-state index in [4.69, 9.17) is 4.74 Å². The minimum Gasteiger partial charge on any atom is -0.488 e. The van der Waals surface area contributed by atoms with Crippen molar-refractivity contribution in [1.82, 2.24) is 0 Å². The van der Waals surface area contributed by atoms with Gasteiger partial charge in [0.15, 0.2) is 0 Å². The van der Waals surface area contributed by atoms with Crippen LogP contribution in [-0.4, -0.2) is 0 Å². The van der Waals surface area contributed by atoms with Crippen molar-refractivity contribution in [3.8, 4) is 5.75 Å². The second kappa shape index (κ2) is 6.62. The first-order chi connectivity index (χ1) is 12.9. The van der Waals surface area contributed by atoms with Gasteiger partial charge in [-0.25, -0.2) is 0 Å². The predicted octanol–water partition coefficient (Wildman–Crippen LogP) is 6.58. The number of halogens is 3. The van der Waals surface area contributed by atoms with Gasteiger partial charge in [-0.1, -0.05) is 54.6 Å². The number of allylic oxidation sites excluding steroid dienone is 1. The van der Waals surface area contributed by atoms with Gasteiger partial charge in [-0.15, -0.1) is 0 Å². The summed E-state index contributed by atoms with van der Waals surface area (Å²) in [5.41, 5.74) is 4.46. The third-order valence-electron chi connectivity index (χ3n) is 4.82. The average Bonchev–Trinajstić information content (AvgIpc) is 2.84. The topological polar surface area (TPSA) is 9.23 Å². The Labute approximate surface area is 155 Å². The van der Waals surface area contributed by atoms with Crippen LogP contribution in [-0.2, 0) is 12.8 Å². The number of alkyl halides is 3. The molecule has 3 aromatic rings. The molecule has 4 heteroatoms. The molecule has 4 rings (SSSR count). The molecular weight excluding hydrogens is 349 g/mol.